The molecule has 3 heterocycles. The fourth-order valence-corrected chi connectivity index (χ4v) is 9.87. The van der Waals surface area contributed by atoms with Crippen molar-refractivity contribution in [3.05, 3.63) is 194 Å². The Balaban J connectivity index is 1.21. The van der Waals surface area contributed by atoms with E-state index in [9.17, 15) is 0 Å². The number of nitrogens with zero attached hydrogens (tertiary/aromatic N) is 4. The van der Waals surface area contributed by atoms with Crippen molar-refractivity contribution >= 4 is 74.9 Å². The van der Waals surface area contributed by atoms with Gasteiger partial charge in [0.15, 0.2) is 17.5 Å². The van der Waals surface area contributed by atoms with Gasteiger partial charge in [0, 0.05) is 58.6 Å². The van der Waals surface area contributed by atoms with Gasteiger partial charge in [-0.05, 0) is 64.2 Å². The number of fused-ring (bicyclic) bond motifs is 9. The smallest absolute Gasteiger partial charge is 0.164 e. The maximum Gasteiger partial charge on any atom is 0.164 e. The first kappa shape index (κ1) is 32.7. The Morgan fingerprint density at radius 3 is 1.71 bits per heavy atom. The van der Waals surface area contributed by atoms with E-state index in [4.69, 9.17) is 15.0 Å². The Bertz CT molecular complexity index is 3510. The molecule has 0 aliphatic carbocycles. The zero-order chi connectivity index (χ0) is 38.2. The molecule has 0 bridgehead atoms. The molecular weight excluding hydrogens is 725 g/mol. The molecule has 12 aromatic rings. The molecule has 0 fully saturated rings. The van der Waals surface area contributed by atoms with Crippen LogP contribution in [0.25, 0.3) is 115 Å². The van der Waals surface area contributed by atoms with Gasteiger partial charge in [-0.1, -0.05) is 152 Å². The summed E-state index contributed by atoms with van der Waals surface area (Å²) in [7, 11) is 0. The molecule has 0 saturated carbocycles. The van der Waals surface area contributed by atoms with Gasteiger partial charge in [-0.15, -0.1) is 11.3 Å². The number of benzene rings is 9. The number of hydrogen-bond acceptors (Lipinski definition) is 4. The van der Waals surface area contributed by atoms with Gasteiger partial charge in [-0.25, -0.2) is 15.0 Å². The fourth-order valence-electron chi connectivity index (χ4n) is 8.74. The SMILES string of the molecule is c1ccc(-c2nc(-c3ccccc3)nc(-c3ccc(-n4c5cc6ccccc6cc5c5ccc6ccccc6c54)c(-c4cccc5sc6ccccc6c45)c3)n2)cc1. The van der Waals surface area contributed by atoms with Gasteiger partial charge in [-0.2, -0.15) is 0 Å². The monoisotopic (exact) mass is 756 g/mol. The lowest BCUT2D eigenvalue weighted by Gasteiger charge is -2.18. The van der Waals surface area contributed by atoms with Crippen LogP contribution in [0.3, 0.4) is 0 Å². The topological polar surface area (TPSA) is 43.6 Å². The van der Waals surface area contributed by atoms with Crippen LogP contribution in [-0.2, 0) is 0 Å². The van der Waals surface area contributed by atoms with Gasteiger partial charge in [0.25, 0.3) is 0 Å². The van der Waals surface area contributed by atoms with Crippen LogP contribution < -0.4 is 0 Å². The summed E-state index contributed by atoms with van der Waals surface area (Å²) >= 11 is 1.84. The number of thiophene rings is 1. The highest BCUT2D eigenvalue weighted by molar-refractivity contribution is 7.25. The van der Waals surface area contributed by atoms with E-state index in [2.05, 4.69) is 162 Å². The average Bonchev–Trinajstić information content (AvgIpc) is 3.84. The van der Waals surface area contributed by atoms with Gasteiger partial charge in [0.1, 0.15) is 0 Å². The minimum absolute atomic E-state index is 0.626. The molecule has 0 amide bonds. The van der Waals surface area contributed by atoms with E-state index in [1.165, 1.54) is 69.1 Å². The molecule has 3 aromatic heterocycles. The van der Waals surface area contributed by atoms with Crippen molar-refractivity contribution in [1.29, 1.82) is 0 Å². The van der Waals surface area contributed by atoms with E-state index < -0.39 is 0 Å². The predicted octanol–water partition coefficient (Wildman–Crippen LogP) is 14.3. The maximum atomic E-state index is 5.18. The highest BCUT2D eigenvalue weighted by Crippen LogP contribution is 2.45. The Kier molecular flexibility index (Phi) is 7.37. The van der Waals surface area contributed by atoms with Crippen LogP contribution in [0.4, 0.5) is 0 Å². The predicted molar refractivity (Wildman–Crippen MR) is 244 cm³/mol. The van der Waals surface area contributed by atoms with Crippen LogP contribution in [0.5, 0.6) is 0 Å². The Labute approximate surface area is 338 Å². The van der Waals surface area contributed by atoms with Crippen molar-refractivity contribution in [2.75, 3.05) is 0 Å². The molecule has 270 valence electrons. The molecule has 4 nitrogen and oxygen atoms in total. The minimum atomic E-state index is 0.626. The second-order valence-corrected chi connectivity index (χ2v) is 15.9. The molecule has 58 heavy (non-hydrogen) atoms. The van der Waals surface area contributed by atoms with Crippen LogP contribution in [0, 0.1) is 0 Å². The van der Waals surface area contributed by atoms with Crippen molar-refractivity contribution in [2.45, 2.75) is 0 Å². The van der Waals surface area contributed by atoms with Gasteiger partial charge in [0.05, 0.1) is 16.7 Å². The summed E-state index contributed by atoms with van der Waals surface area (Å²) < 4.78 is 5.03. The standard InChI is InChI=1S/C53H32N4S/c1-3-15-34(16-4-1)51-54-52(35-17-5-2-6-18-35)56-53(55-51)38-27-29-45(43(31-38)40-23-13-25-48-49(40)42-22-11-12-24-47(42)58-48)57-46-32-37-20-8-7-19-36(37)30-44(46)41-28-26-33-14-9-10-21-39(33)50(41)57/h1-32H. The van der Waals surface area contributed by atoms with Gasteiger partial charge in [-0.3, -0.25) is 0 Å². The molecule has 9 aromatic carbocycles. The highest BCUT2D eigenvalue weighted by atomic mass is 32.1. The molecular formula is C53H32N4S. The maximum absolute atomic E-state index is 5.18. The second-order valence-electron chi connectivity index (χ2n) is 14.8. The Morgan fingerprint density at radius 1 is 0.362 bits per heavy atom. The lowest BCUT2D eigenvalue weighted by molar-refractivity contribution is 1.07. The molecule has 0 N–H and O–H groups in total. The molecule has 0 radical (unpaired) electrons. The number of hydrogen-bond donors (Lipinski definition) is 0. The number of aromatic nitrogens is 4. The Hall–Kier alpha value is -7.47. The zero-order valence-electron chi connectivity index (χ0n) is 31.2. The third kappa shape index (κ3) is 5.18. The van der Waals surface area contributed by atoms with E-state index in [1.807, 2.05) is 47.7 Å². The van der Waals surface area contributed by atoms with Crippen molar-refractivity contribution in [3.8, 4) is 51.0 Å². The van der Waals surface area contributed by atoms with E-state index in [0.717, 1.165) is 27.9 Å². The Morgan fingerprint density at radius 2 is 0.966 bits per heavy atom. The van der Waals surface area contributed by atoms with E-state index in [-0.39, 0.29) is 0 Å². The zero-order valence-corrected chi connectivity index (χ0v) is 32.0. The number of rotatable bonds is 5. The van der Waals surface area contributed by atoms with Gasteiger partial charge in [0.2, 0.25) is 0 Å². The summed E-state index contributed by atoms with van der Waals surface area (Å²) in [6.07, 6.45) is 0. The summed E-state index contributed by atoms with van der Waals surface area (Å²) in [6.45, 7) is 0. The largest absolute Gasteiger partial charge is 0.308 e. The summed E-state index contributed by atoms with van der Waals surface area (Å²) in [5.41, 5.74) is 8.54. The molecule has 12 rings (SSSR count). The van der Waals surface area contributed by atoms with Gasteiger partial charge < -0.3 is 4.57 Å². The van der Waals surface area contributed by atoms with Crippen LogP contribution in [0.15, 0.2) is 194 Å². The molecule has 0 spiro atoms. The van der Waals surface area contributed by atoms with E-state index >= 15 is 0 Å². The minimum Gasteiger partial charge on any atom is -0.308 e. The van der Waals surface area contributed by atoms with Crippen LogP contribution in [-0.4, -0.2) is 19.5 Å². The normalized spacial score (nSPS) is 11.8. The van der Waals surface area contributed by atoms with Gasteiger partial charge >= 0.3 is 0 Å². The van der Waals surface area contributed by atoms with Crippen LogP contribution in [0.1, 0.15) is 0 Å². The molecule has 5 heteroatoms. The average molecular weight is 757 g/mol. The van der Waals surface area contributed by atoms with Crippen molar-refractivity contribution in [1.82, 2.24) is 19.5 Å². The summed E-state index contributed by atoms with van der Waals surface area (Å²) in [5.74, 6) is 1.91. The fraction of sp³-hybridized carbons (Fsp3) is 0. The molecule has 0 atom stereocenters. The summed E-state index contributed by atoms with van der Waals surface area (Å²) in [6, 6.07) is 69.3. The second kappa shape index (κ2) is 13.1. The van der Waals surface area contributed by atoms with Crippen molar-refractivity contribution in [2.24, 2.45) is 0 Å². The quantitative estimate of drug-likeness (QED) is 0.176. The first-order valence-electron chi connectivity index (χ1n) is 19.5. The first-order valence-corrected chi connectivity index (χ1v) is 20.3. The van der Waals surface area contributed by atoms with Crippen molar-refractivity contribution < 1.29 is 0 Å². The summed E-state index contributed by atoms with van der Waals surface area (Å²) in [5, 5.41) is 9.82. The molecule has 0 aliphatic heterocycles. The lowest BCUT2D eigenvalue weighted by Crippen LogP contribution is -2.02. The van der Waals surface area contributed by atoms with Crippen LogP contribution in [0.2, 0.25) is 0 Å². The van der Waals surface area contributed by atoms with E-state index in [0.29, 0.717) is 17.5 Å². The van der Waals surface area contributed by atoms with E-state index in [1.54, 1.807) is 0 Å². The van der Waals surface area contributed by atoms with Crippen molar-refractivity contribution in [3.63, 3.8) is 0 Å². The highest BCUT2D eigenvalue weighted by Gasteiger charge is 2.22. The third-order valence-electron chi connectivity index (χ3n) is 11.4. The molecule has 0 unspecified atom stereocenters. The first-order chi connectivity index (χ1) is 28.7. The summed E-state index contributed by atoms with van der Waals surface area (Å²) in [4.78, 5) is 15.4. The van der Waals surface area contributed by atoms with Crippen LogP contribution >= 0.6 is 11.3 Å². The molecule has 0 aliphatic rings. The molecule has 0 saturated heterocycles. The lowest BCUT2D eigenvalue weighted by atomic mass is 9.95. The third-order valence-corrected chi connectivity index (χ3v) is 12.5.